The molecule has 3 heteroatoms. The van der Waals surface area contributed by atoms with E-state index in [2.05, 4.69) is 24.1 Å². The SMILES string of the molecule is CN(Cc1ccc(Cl)cc1)C1(CN)CC1. The second-order valence-corrected chi connectivity index (χ2v) is 4.85. The van der Waals surface area contributed by atoms with Crippen LogP contribution in [0.1, 0.15) is 18.4 Å². The van der Waals surface area contributed by atoms with E-state index in [0.29, 0.717) is 0 Å². The number of benzene rings is 1. The lowest BCUT2D eigenvalue weighted by molar-refractivity contribution is 0.218. The Bertz CT molecular complexity index is 330. The Morgan fingerprint density at radius 3 is 2.40 bits per heavy atom. The van der Waals surface area contributed by atoms with Crippen molar-refractivity contribution >= 4 is 11.6 Å². The summed E-state index contributed by atoms with van der Waals surface area (Å²) >= 11 is 5.84. The molecule has 15 heavy (non-hydrogen) atoms. The normalized spacial score (nSPS) is 18.1. The minimum absolute atomic E-state index is 0.277. The Labute approximate surface area is 96.0 Å². The quantitative estimate of drug-likeness (QED) is 0.850. The van der Waals surface area contributed by atoms with Crippen molar-refractivity contribution in [2.24, 2.45) is 5.73 Å². The first kappa shape index (κ1) is 10.9. The summed E-state index contributed by atoms with van der Waals surface area (Å²) in [6.45, 7) is 1.71. The monoisotopic (exact) mass is 224 g/mol. The average molecular weight is 225 g/mol. The van der Waals surface area contributed by atoms with Gasteiger partial charge in [-0.3, -0.25) is 4.90 Å². The Morgan fingerprint density at radius 2 is 1.93 bits per heavy atom. The van der Waals surface area contributed by atoms with Crippen LogP contribution >= 0.6 is 11.6 Å². The van der Waals surface area contributed by atoms with Crippen molar-refractivity contribution in [1.82, 2.24) is 4.90 Å². The van der Waals surface area contributed by atoms with E-state index in [1.54, 1.807) is 0 Å². The first-order valence-corrected chi connectivity index (χ1v) is 5.70. The van der Waals surface area contributed by atoms with Crippen LogP contribution < -0.4 is 5.73 Å². The van der Waals surface area contributed by atoms with Crippen molar-refractivity contribution in [2.45, 2.75) is 24.9 Å². The molecule has 0 atom stereocenters. The predicted molar refractivity (Wildman–Crippen MR) is 63.9 cm³/mol. The zero-order valence-electron chi connectivity index (χ0n) is 9.04. The standard InChI is InChI=1S/C12H17ClN2/c1-15(12(9-14)6-7-12)8-10-2-4-11(13)5-3-10/h2-5H,6-9,14H2,1H3. The van der Waals surface area contributed by atoms with Crippen molar-refractivity contribution in [1.29, 1.82) is 0 Å². The summed E-state index contributed by atoms with van der Waals surface area (Å²) in [5.41, 5.74) is 7.36. The first-order valence-electron chi connectivity index (χ1n) is 5.32. The fourth-order valence-corrected chi connectivity index (χ4v) is 2.04. The molecule has 0 radical (unpaired) electrons. The molecule has 2 nitrogen and oxygen atoms in total. The third-order valence-corrected chi connectivity index (χ3v) is 3.60. The van der Waals surface area contributed by atoms with Crippen molar-refractivity contribution < 1.29 is 0 Å². The largest absolute Gasteiger partial charge is 0.329 e. The average Bonchev–Trinajstić information content (AvgIpc) is 3.02. The number of hydrogen-bond acceptors (Lipinski definition) is 2. The molecule has 1 aromatic carbocycles. The van der Waals surface area contributed by atoms with Gasteiger partial charge in [-0.1, -0.05) is 23.7 Å². The van der Waals surface area contributed by atoms with E-state index in [-0.39, 0.29) is 5.54 Å². The van der Waals surface area contributed by atoms with Crippen molar-refractivity contribution in [3.05, 3.63) is 34.9 Å². The maximum atomic E-state index is 5.84. The molecule has 0 spiro atoms. The number of likely N-dealkylation sites (N-methyl/N-ethyl adjacent to an activating group) is 1. The lowest BCUT2D eigenvalue weighted by Gasteiger charge is -2.26. The number of hydrogen-bond donors (Lipinski definition) is 1. The Morgan fingerprint density at radius 1 is 1.33 bits per heavy atom. The fourth-order valence-electron chi connectivity index (χ4n) is 1.92. The van der Waals surface area contributed by atoms with Gasteiger partial charge in [-0.2, -0.15) is 0 Å². The molecule has 0 bridgehead atoms. The van der Waals surface area contributed by atoms with Gasteiger partial charge in [0.05, 0.1) is 0 Å². The summed E-state index contributed by atoms with van der Waals surface area (Å²) in [4.78, 5) is 2.36. The smallest absolute Gasteiger partial charge is 0.0406 e. The van der Waals surface area contributed by atoms with E-state index in [0.717, 1.165) is 18.1 Å². The van der Waals surface area contributed by atoms with Crippen LogP contribution in [-0.4, -0.2) is 24.0 Å². The van der Waals surface area contributed by atoms with Gasteiger partial charge in [0.2, 0.25) is 0 Å². The van der Waals surface area contributed by atoms with Crippen LogP contribution in [0.15, 0.2) is 24.3 Å². The van der Waals surface area contributed by atoms with Gasteiger partial charge in [0.1, 0.15) is 0 Å². The number of nitrogens with zero attached hydrogens (tertiary/aromatic N) is 1. The highest BCUT2D eigenvalue weighted by Gasteiger charge is 2.44. The summed E-state index contributed by atoms with van der Waals surface area (Å²) in [5.74, 6) is 0. The molecule has 1 fully saturated rings. The Balaban J connectivity index is 2.00. The Kier molecular flexibility index (Phi) is 3.01. The zero-order valence-corrected chi connectivity index (χ0v) is 9.80. The minimum atomic E-state index is 0.277. The van der Waals surface area contributed by atoms with Crippen LogP contribution in [0.25, 0.3) is 0 Å². The molecule has 1 saturated carbocycles. The van der Waals surface area contributed by atoms with Gasteiger partial charge >= 0.3 is 0 Å². The summed E-state index contributed by atoms with van der Waals surface area (Å²) in [6.07, 6.45) is 2.46. The van der Waals surface area contributed by atoms with Gasteiger partial charge in [0, 0.05) is 23.7 Å². The molecule has 1 aliphatic carbocycles. The van der Waals surface area contributed by atoms with Gasteiger partial charge in [0.25, 0.3) is 0 Å². The second-order valence-electron chi connectivity index (χ2n) is 4.41. The molecule has 1 aromatic rings. The van der Waals surface area contributed by atoms with Crippen LogP contribution in [0, 0.1) is 0 Å². The summed E-state index contributed by atoms with van der Waals surface area (Å²) in [5, 5.41) is 0.793. The molecule has 0 aliphatic heterocycles. The second kappa shape index (κ2) is 4.12. The van der Waals surface area contributed by atoms with E-state index in [9.17, 15) is 0 Å². The van der Waals surface area contributed by atoms with E-state index in [4.69, 9.17) is 17.3 Å². The van der Waals surface area contributed by atoms with Gasteiger partial charge in [-0.05, 0) is 37.6 Å². The zero-order chi connectivity index (χ0) is 10.9. The highest BCUT2D eigenvalue weighted by molar-refractivity contribution is 6.30. The maximum Gasteiger partial charge on any atom is 0.0406 e. The van der Waals surface area contributed by atoms with Crippen LogP contribution in [0.3, 0.4) is 0 Å². The number of nitrogens with two attached hydrogens (primary N) is 1. The number of rotatable bonds is 4. The molecule has 1 aliphatic rings. The molecule has 0 heterocycles. The molecule has 82 valence electrons. The molecule has 0 saturated heterocycles. The van der Waals surface area contributed by atoms with E-state index < -0.39 is 0 Å². The van der Waals surface area contributed by atoms with Crippen molar-refractivity contribution in [3.8, 4) is 0 Å². The molecule has 0 unspecified atom stereocenters. The number of halogens is 1. The van der Waals surface area contributed by atoms with Crippen LogP contribution in [0.4, 0.5) is 0 Å². The molecule has 0 aromatic heterocycles. The predicted octanol–water partition coefficient (Wildman–Crippen LogP) is 2.26. The highest BCUT2D eigenvalue weighted by Crippen LogP contribution is 2.40. The van der Waals surface area contributed by atoms with Crippen molar-refractivity contribution in [3.63, 3.8) is 0 Å². The fraction of sp³-hybridized carbons (Fsp3) is 0.500. The van der Waals surface area contributed by atoms with Crippen LogP contribution in [0.2, 0.25) is 5.02 Å². The molecule has 2 N–H and O–H groups in total. The van der Waals surface area contributed by atoms with Crippen LogP contribution in [-0.2, 0) is 6.54 Å². The van der Waals surface area contributed by atoms with Gasteiger partial charge in [-0.25, -0.2) is 0 Å². The summed E-state index contributed by atoms with van der Waals surface area (Å²) in [7, 11) is 2.15. The summed E-state index contributed by atoms with van der Waals surface area (Å²) < 4.78 is 0. The minimum Gasteiger partial charge on any atom is -0.329 e. The third kappa shape index (κ3) is 2.33. The molecule has 0 amide bonds. The van der Waals surface area contributed by atoms with Gasteiger partial charge in [0.15, 0.2) is 0 Å². The van der Waals surface area contributed by atoms with Crippen LogP contribution in [0.5, 0.6) is 0 Å². The highest BCUT2D eigenvalue weighted by atomic mass is 35.5. The van der Waals surface area contributed by atoms with Crippen molar-refractivity contribution in [2.75, 3.05) is 13.6 Å². The molecule has 2 rings (SSSR count). The van der Waals surface area contributed by atoms with E-state index in [1.165, 1.54) is 18.4 Å². The Hall–Kier alpha value is -0.570. The van der Waals surface area contributed by atoms with Gasteiger partial charge < -0.3 is 5.73 Å². The van der Waals surface area contributed by atoms with E-state index in [1.807, 2.05) is 12.1 Å². The lowest BCUT2D eigenvalue weighted by Crippen LogP contribution is -2.39. The molecular weight excluding hydrogens is 208 g/mol. The third-order valence-electron chi connectivity index (χ3n) is 3.35. The lowest BCUT2D eigenvalue weighted by atomic mass is 10.1. The molecular formula is C12H17ClN2. The van der Waals surface area contributed by atoms with Gasteiger partial charge in [-0.15, -0.1) is 0 Å². The first-order chi connectivity index (χ1) is 7.16. The maximum absolute atomic E-state index is 5.84. The van der Waals surface area contributed by atoms with E-state index >= 15 is 0 Å². The topological polar surface area (TPSA) is 29.3 Å². The summed E-state index contributed by atoms with van der Waals surface area (Å²) in [6, 6.07) is 8.02.